The van der Waals surface area contributed by atoms with E-state index in [-0.39, 0.29) is 12.3 Å². The average molecular weight is 407 g/mol. The smallest absolute Gasteiger partial charge is 0.230 e. The molecule has 0 fully saturated rings. The number of aryl methyl sites for hydroxylation is 1. The van der Waals surface area contributed by atoms with Gasteiger partial charge in [-0.25, -0.2) is 4.98 Å². The normalized spacial score (nSPS) is 10.9. The molecule has 29 heavy (non-hydrogen) atoms. The first-order valence-corrected chi connectivity index (χ1v) is 10.0. The number of imidazole rings is 1. The Bertz CT molecular complexity index is 1180. The van der Waals surface area contributed by atoms with Crippen LogP contribution < -0.4 is 14.8 Å². The van der Waals surface area contributed by atoms with Crippen LogP contribution in [0.5, 0.6) is 11.5 Å². The standard InChI is InChI=1S/C22H21N3O3S/c1-14-6-4-5-7-17(14)23-21(26)11-16-13-29-22-24-18(12-25(16)22)15-8-9-19(27-2)20(10-15)28-3/h4-10,12-13H,11H2,1-3H3,(H,23,26). The molecule has 0 atom stereocenters. The first kappa shape index (κ1) is 19.0. The van der Waals surface area contributed by atoms with Crippen molar-refractivity contribution in [3.8, 4) is 22.8 Å². The zero-order chi connectivity index (χ0) is 20.4. The van der Waals surface area contributed by atoms with Gasteiger partial charge in [0.2, 0.25) is 5.91 Å². The second-order valence-electron chi connectivity index (χ2n) is 6.62. The summed E-state index contributed by atoms with van der Waals surface area (Å²) in [6, 6.07) is 13.4. The molecule has 0 aliphatic rings. The molecule has 0 bridgehead atoms. The van der Waals surface area contributed by atoms with Crippen molar-refractivity contribution in [3.05, 3.63) is 65.3 Å². The lowest BCUT2D eigenvalue weighted by atomic mass is 10.1. The van der Waals surface area contributed by atoms with E-state index in [0.29, 0.717) is 11.5 Å². The van der Waals surface area contributed by atoms with Gasteiger partial charge in [-0.15, -0.1) is 11.3 Å². The number of methoxy groups -OCH3 is 2. The minimum atomic E-state index is -0.0552. The van der Waals surface area contributed by atoms with Crippen molar-refractivity contribution in [1.29, 1.82) is 0 Å². The highest BCUT2D eigenvalue weighted by atomic mass is 32.1. The number of rotatable bonds is 6. The van der Waals surface area contributed by atoms with E-state index in [1.54, 1.807) is 14.2 Å². The molecule has 2 aromatic heterocycles. The Morgan fingerprint density at radius 2 is 1.93 bits per heavy atom. The van der Waals surface area contributed by atoms with E-state index in [1.807, 2.05) is 65.4 Å². The number of carbonyl (C=O) groups excluding carboxylic acids is 1. The van der Waals surface area contributed by atoms with Gasteiger partial charge in [-0.05, 0) is 36.8 Å². The predicted molar refractivity (Wildman–Crippen MR) is 115 cm³/mol. The summed E-state index contributed by atoms with van der Waals surface area (Å²) in [7, 11) is 3.22. The average Bonchev–Trinajstić information content (AvgIpc) is 3.31. The highest BCUT2D eigenvalue weighted by Crippen LogP contribution is 2.32. The fourth-order valence-corrected chi connectivity index (χ4v) is 4.04. The number of para-hydroxylation sites is 1. The number of thiazole rings is 1. The molecule has 0 aliphatic heterocycles. The third-order valence-electron chi connectivity index (χ3n) is 4.72. The van der Waals surface area contributed by atoms with Crippen molar-refractivity contribution in [2.75, 3.05) is 19.5 Å². The van der Waals surface area contributed by atoms with E-state index in [0.717, 1.165) is 33.2 Å². The van der Waals surface area contributed by atoms with Crippen LogP contribution in [0.15, 0.2) is 54.0 Å². The van der Waals surface area contributed by atoms with Gasteiger partial charge in [-0.2, -0.15) is 0 Å². The Labute approximate surface area is 172 Å². The maximum Gasteiger partial charge on any atom is 0.230 e. The Balaban J connectivity index is 1.58. The number of carbonyl (C=O) groups is 1. The number of nitrogens with zero attached hydrogens (tertiary/aromatic N) is 2. The van der Waals surface area contributed by atoms with E-state index in [2.05, 4.69) is 5.32 Å². The maximum absolute atomic E-state index is 12.5. The van der Waals surface area contributed by atoms with Crippen LogP contribution in [-0.2, 0) is 11.2 Å². The number of aromatic nitrogens is 2. The van der Waals surface area contributed by atoms with Crippen LogP contribution in [0, 0.1) is 6.92 Å². The molecule has 2 heterocycles. The monoisotopic (exact) mass is 407 g/mol. The Morgan fingerprint density at radius 1 is 1.14 bits per heavy atom. The van der Waals surface area contributed by atoms with Crippen LogP contribution in [0.25, 0.3) is 16.2 Å². The van der Waals surface area contributed by atoms with Crippen LogP contribution in [0.2, 0.25) is 0 Å². The lowest BCUT2D eigenvalue weighted by Gasteiger charge is -2.08. The van der Waals surface area contributed by atoms with Gasteiger partial charge in [0, 0.05) is 28.5 Å². The summed E-state index contributed by atoms with van der Waals surface area (Å²) in [5.41, 5.74) is 4.51. The highest BCUT2D eigenvalue weighted by molar-refractivity contribution is 7.15. The number of hydrogen-bond donors (Lipinski definition) is 1. The van der Waals surface area contributed by atoms with Gasteiger partial charge in [-0.1, -0.05) is 18.2 Å². The van der Waals surface area contributed by atoms with Gasteiger partial charge < -0.3 is 14.8 Å². The van der Waals surface area contributed by atoms with Crippen LogP contribution in [0.3, 0.4) is 0 Å². The Morgan fingerprint density at radius 3 is 2.69 bits per heavy atom. The molecular formula is C22H21N3O3S. The van der Waals surface area contributed by atoms with Crippen molar-refractivity contribution in [3.63, 3.8) is 0 Å². The molecule has 0 saturated heterocycles. The largest absolute Gasteiger partial charge is 0.493 e. The van der Waals surface area contributed by atoms with Crippen molar-refractivity contribution >= 4 is 27.9 Å². The molecular weight excluding hydrogens is 386 g/mol. The molecule has 4 aromatic rings. The minimum absolute atomic E-state index is 0.0552. The SMILES string of the molecule is COc1ccc(-c2cn3c(CC(=O)Nc4ccccc4C)csc3n2)cc1OC. The number of nitrogens with one attached hydrogen (secondary N) is 1. The number of hydrogen-bond acceptors (Lipinski definition) is 5. The zero-order valence-electron chi connectivity index (χ0n) is 16.4. The fraction of sp³-hybridized carbons (Fsp3) is 0.182. The molecule has 148 valence electrons. The lowest BCUT2D eigenvalue weighted by Crippen LogP contribution is -2.15. The molecule has 0 saturated carbocycles. The number of amides is 1. The van der Waals surface area contributed by atoms with E-state index in [9.17, 15) is 4.79 Å². The van der Waals surface area contributed by atoms with Gasteiger partial charge in [0.05, 0.1) is 26.3 Å². The summed E-state index contributed by atoms with van der Waals surface area (Å²) < 4.78 is 12.7. The summed E-state index contributed by atoms with van der Waals surface area (Å²) >= 11 is 1.51. The third kappa shape index (κ3) is 3.82. The molecule has 4 rings (SSSR count). The van der Waals surface area contributed by atoms with Crippen LogP contribution >= 0.6 is 11.3 Å². The molecule has 1 amide bonds. The van der Waals surface area contributed by atoms with E-state index >= 15 is 0 Å². The topological polar surface area (TPSA) is 64.9 Å². The number of benzene rings is 2. The van der Waals surface area contributed by atoms with Crippen LogP contribution in [0.4, 0.5) is 5.69 Å². The fourth-order valence-electron chi connectivity index (χ4n) is 3.16. The molecule has 0 spiro atoms. The second kappa shape index (κ2) is 7.97. The van der Waals surface area contributed by atoms with Crippen molar-refractivity contribution in [1.82, 2.24) is 9.38 Å². The molecule has 0 radical (unpaired) electrons. The van der Waals surface area contributed by atoms with Crippen LogP contribution in [0.1, 0.15) is 11.3 Å². The summed E-state index contributed by atoms with van der Waals surface area (Å²) in [5.74, 6) is 1.27. The second-order valence-corrected chi connectivity index (χ2v) is 7.45. The molecule has 7 heteroatoms. The van der Waals surface area contributed by atoms with Crippen molar-refractivity contribution < 1.29 is 14.3 Å². The molecule has 1 N–H and O–H groups in total. The zero-order valence-corrected chi connectivity index (χ0v) is 17.2. The quantitative estimate of drug-likeness (QED) is 0.509. The molecule has 0 unspecified atom stereocenters. The predicted octanol–water partition coefficient (Wildman–Crippen LogP) is 4.57. The minimum Gasteiger partial charge on any atom is -0.493 e. The van der Waals surface area contributed by atoms with Gasteiger partial charge in [0.15, 0.2) is 16.5 Å². The summed E-state index contributed by atoms with van der Waals surface area (Å²) in [5, 5.41) is 4.95. The summed E-state index contributed by atoms with van der Waals surface area (Å²) in [4.78, 5) is 18.1. The Kier molecular flexibility index (Phi) is 5.22. The molecule has 2 aromatic carbocycles. The van der Waals surface area contributed by atoms with Crippen molar-refractivity contribution in [2.45, 2.75) is 13.3 Å². The number of fused-ring (bicyclic) bond motifs is 1. The van der Waals surface area contributed by atoms with Gasteiger partial charge in [0.25, 0.3) is 0 Å². The number of ether oxygens (including phenoxy) is 2. The lowest BCUT2D eigenvalue weighted by molar-refractivity contribution is -0.115. The first-order valence-electron chi connectivity index (χ1n) is 9.12. The summed E-state index contributed by atoms with van der Waals surface area (Å²) in [6.45, 7) is 1.98. The van der Waals surface area contributed by atoms with Crippen molar-refractivity contribution in [2.24, 2.45) is 0 Å². The van der Waals surface area contributed by atoms with E-state index in [1.165, 1.54) is 11.3 Å². The maximum atomic E-state index is 12.5. The molecule has 6 nitrogen and oxygen atoms in total. The summed E-state index contributed by atoms with van der Waals surface area (Å²) in [6.07, 6.45) is 2.22. The van der Waals surface area contributed by atoms with Gasteiger partial charge >= 0.3 is 0 Å². The third-order valence-corrected chi connectivity index (χ3v) is 5.61. The Hall–Kier alpha value is -3.32. The highest BCUT2D eigenvalue weighted by Gasteiger charge is 2.14. The number of anilines is 1. The van der Waals surface area contributed by atoms with E-state index < -0.39 is 0 Å². The van der Waals surface area contributed by atoms with Crippen LogP contribution in [-0.4, -0.2) is 29.5 Å². The van der Waals surface area contributed by atoms with E-state index in [4.69, 9.17) is 14.5 Å². The first-order chi connectivity index (χ1) is 14.1. The van der Waals surface area contributed by atoms with Gasteiger partial charge in [0.1, 0.15) is 0 Å². The van der Waals surface area contributed by atoms with Gasteiger partial charge in [-0.3, -0.25) is 9.20 Å². The molecule has 0 aliphatic carbocycles.